The Morgan fingerprint density at radius 1 is 0.306 bits per heavy atom. The third kappa shape index (κ3) is 69.7. The Bertz CT molecular complexity index is 2380. The molecule has 0 aromatic heterocycles. The summed E-state index contributed by atoms with van der Waals surface area (Å²) in [6.45, 7) is 4.39. The number of aliphatic hydroxyl groups excluding tert-OH is 1. The normalized spacial score (nSPS) is 14.7. The fourth-order valence-electron chi connectivity index (χ4n) is 9.54. The number of carbonyl (C=O) groups is 4. The van der Waals surface area contributed by atoms with Gasteiger partial charge in [0.2, 0.25) is 0 Å². The number of ether oxygens (including phenoxy) is 4. The van der Waals surface area contributed by atoms with Gasteiger partial charge in [-0.15, -0.1) is 0 Å². The largest absolute Gasteiger partial charge is 0.472 e. The predicted octanol–water partition coefficient (Wildman–Crippen LogP) is 21.3. The molecule has 560 valence electrons. The Morgan fingerprint density at radius 3 is 0.857 bits per heavy atom. The summed E-state index contributed by atoms with van der Waals surface area (Å²) in [5.74, 6) is -2.48. The summed E-state index contributed by atoms with van der Waals surface area (Å²) in [4.78, 5) is 72.7. The van der Waals surface area contributed by atoms with Gasteiger partial charge >= 0.3 is 39.5 Å². The quantitative estimate of drug-likeness (QED) is 0.0169. The van der Waals surface area contributed by atoms with E-state index in [0.717, 1.165) is 116 Å². The van der Waals surface area contributed by atoms with Gasteiger partial charge < -0.3 is 33.8 Å². The van der Waals surface area contributed by atoms with Gasteiger partial charge in [0, 0.05) is 12.8 Å². The van der Waals surface area contributed by atoms with E-state index < -0.39 is 97.5 Å². The fourth-order valence-corrected chi connectivity index (χ4v) is 11.1. The first-order chi connectivity index (χ1) is 47.7. The van der Waals surface area contributed by atoms with Gasteiger partial charge in [-0.05, 0) is 103 Å². The first-order valence-corrected chi connectivity index (χ1v) is 40.4. The topological polar surface area (TPSA) is 237 Å². The minimum atomic E-state index is -5.00. The lowest BCUT2D eigenvalue weighted by atomic mass is 10.0. The van der Waals surface area contributed by atoms with Gasteiger partial charge in [-0.25, -0.2) is 9.13 Å². The highest BCUT2D eigenvalue weighted by atomic mass is 31.2. The first kappa shape index (κ1) is 93.2. The maximum absolute atomic E-state index is 13.1. The maximum Gasteiger partial charge on any atom is 0.472 e. The van der Waals surface area contributed by atoms with E-state index in [-0.39, 0.29) is 25.7 Å². The Balaban J connectivity index is 5.48. The van der Waals surface area contributed by atoms with Gasteiger partial charge in [-0.2, -0.15) is 0 Å². The molecule has 0 spiro atoms. The van der Waals surface area contributed by atoms with Crippen LogP contribution in [0.15, 0.2) is 134 Å². The standard InChI is InChI=1S/C79H132O17P2/c1-5-9-13-17-21-25-29-33-36-40-43-47-51-55-59-63-76(81)89-69-74(95-78(83)65-61-57-53-49-45-39-32-28-24-20-16-12-8-4)71-93-97(85,86)91-67-73(80)68-92-98(87,88)94-72-75(96-79(84)66-62-58-54-50-46-42-38-35-31-27-23-19-15-11-7-3)70-90-77(82)64-60-56-52-48-44-41-37-34-30-26-22-18-14-10-6-2/h9-10,13-14,21-22,25-26,33-38,43-44,47-48,55-56,59-60,73-75,80H,5-8,11-12,15-20,23-24,27-32,39-42,45-46,49-54,57-58,61-72H2,1-4H3,(H,85,86)(H,87,88)/b13-9-,14-10-,25-21-,26-22-,36-33-,37-34-,38-35-,47-43-,48-44-,59-55-,60-56-. The molecule has 98 heavy (non-hydrogen) atoms. The molecule has 0 saturated carbocycles. The molecular weight excluding hydrogens is 1280 g/mol. The van der Waals surface area contributed by atoms with Crippen LogP contribution in [0.2, 0.25) is 0 Å². The second-order valence-electron chi connectivity index (χ2n) is 24.5. The molecule has 5 unspecified atom stereocenters. The molecule has 0 aromatic carbocycles. The van der Waals surface area contributed by atoms with E-state index in [1.807, 2.05) is 36.5 Å². The number of allylic oxidation sites excluding steroid dienone is 20. The molecule has 0 aliphatic carbocycles. The van der Waals surface area contributed by atoms with Crippen molar-refractivity contribution in [2.75, 3.05) is 39.6 Å². The van der Waals surface area contributed by atoms with Crippen molar-refractivity contribution < 1.29 is 80.2 Å². The summed E-state index contributed by atoms with van der Waals surface area (Å²) < 4.78 is 68.1. The lowest BCUT2D eigenvalue weighted by molar-refractivity contribution is -0.161. The summed E-state index contributed by atoms with van der Waals surface area (Å²) in [5.41, 5.74) is 0. The first-order valence-electron chi connectivity index (χ1n) is 37.4. The van der Waals surface area contributed by atoms with E-state index in [4.69, 9.17) is 37.0 Å². The summed E-state index contributed by atoms with van der Waals surface area (Å²) in [6.07, 6.45) is 78.0. The summed E-state index contributed by atoms with van der Waals surface area (Å²) in [7, 11) is -10.0. The van der Waals surface area contributed by atoms with Gasteiger partial charge in [0.1, 0.15) is 19.3 Å². The molecule has 3 N–H and O–H groups in total. The van der Waals surface area contributed by atoms with Crippen molar-refractivity contribution in [1.29, 1.82) is 0 Å². The Labute approximate surface area is 593 Å². The highest BCUT2D eigenvalue weighted by molar-refractivity contribution is 7.47. The van der Waals surface area contributed by atoms with Crippen molar-refractivity contribution in [3.8, 4) is 0 Å². The van der Waals surface area contributed by atoms with Gasteiger partial charge in [-0.3, -0.25) is 37.3 Å². The van der Waals surface area contributed by atoms with Crippen molar-refractivity contribution in [1.82, 2.24) is 0 Å². The lowest BCUT2D eigenvalue weighted by Gasteiger charge is -2.21. The number of hydrogen-bond donors (Lipinski definition) is 3. The molecule has 17 nitrogen and oxygen atoms in total. The average molecular weight is 1420 g/mol. The van der Waals surface area contributed by atoms with Crippen molar-refractivity contribution in [2.45, 2.75) is 303 Å². The van der Waals surface area contributed by atoms with Crippen molar-refractivity contribution in [3.05, 3.63) is 134 Å². The van der Waals surface area contributed by atoms with Crippen LogP contribution in [0.3, 0.4) is 0 Å². The molecule has 0 bridgehead atoms. The van der Waals surface area contributed by atoms with Gasteiger partial charge in [0.05, 0.1) is 39.3 Å². The van der Waals surface area contributed by atoms with Crippen molar-refractivity contribution in [3.63, 3.8) is 0 Å². The van der Waals surface area contributed by atoms with E-state index in [0.29, 0.717) is 25.7 Å². The maximum atomic E-state index is 13.1. The zero-order valence-corrected chi connectivity index (χ0v) is 62.7. The molecule has 0 amide bonds. The molecule has 0 aliphatic rings. The summed E-state index contributed by atoms with van der Waals surface area (Å²) >= 11 is 0. The number of phosphoric acid groups is 2. The van der Waals surface area contributed by atoms with Crippen molar-refractivity contribution >= 4 is 39.5 Å². The van der Waals surface area contributed by atoms with Gasteiger partial charge in [-0.1, -0.05) is 290 Å². The molecule has 0 aliphatic heterocycles. The smallest absolute Gasteiger partial charge is 0.461 e. The molecule has 0 aromatic rings. The van der Waals surface area contributed by atoms with Gasteiger partial charge in [0.15, 0.2) is 12.2 Å². The third-order valence-electron chi connectivity index (χ3n) is 15.2. The lowest BCUT2D eigenvalue weighted by Crippen LogP contribution is -2.30. The minimum Gasteiger partial charge on any atom is -0.461 e. The molecule has 0 fully saturated rings. The van der Waals surface area contributed by atoms with Crippen LogP contribution in [0.5, 0.6) is 0 Å². The highest BCUT2D eigenvalue weighted by Crippen LogP contribution is 2.45. The highest BCUT2D eigenvalue weighted by Gasteiger charge is 2.30. The molecule has 0 heterocycles. The van der Waals surface area contributed by atoms with Crippen LogP contribution in [0.4, 0.5) is 0 Å². The van der Waals surface area contributed by atoms with Crippen molar-refractivity contribution in [2.24, 2.45) is 0 Å². The van der Waals surface area contributed by atoms with Crippen LogP contribution in [-0.2, 0) is 65.4 Å². The Hall–Kier alpha value is -4.80. The number of phosphoric ester groups is 2. The SMILES string of the molecule is CC/C=C\C/C=C\C/C=C\C/C=C\C/C=C\CC(=O)OCC(COP(=O)(O)OCC(O)COP(=O)(O)OCC(COC(=O)C/C=C\C/C=C\C/C=C\C/C=C\C/C=C\CC)OC(=O)CCCCCCCCCCCCCCC)OC(=O)CCCCCCC/C=C\CCCCCCCC. The second kappa shape index (κ2) is 70.6. The Morgan fingerprint density at radius 2 is 0.561 bits per heavy atom. The van der Waals surface area contributed by atoms with E-state index in [9.17, 15) is 43.2 Å². The number of aliphatic hydroxyl groups is 1. The van der Waals surface area contributed by atoms with E-state index in [1.54, 1.807) is 12.2 Å². The molecular formula is C79H132O17P2. The number of unbranched alkanes of at least 4 members (excludes halogenated alkanes) is 23. The van der Waals surface area contributed by atoms with Crippen LogP contribution < -0.4 is 0 Å². The van der Waals surface area contributed by atoms with Crippen LogP contribution >= 0.6 is 15.6 Å². The summed E-state index contributed by atoms with van der Waals surface area (Å²) in [6, 6.07) is 0. The molecule has 19 heteroatoms. The Kier molecular flexibility index (Phi) is 67.2. The van der Waals surface area contributed by atoms with Gasteiger partial charge in [0.25, 0.3) is 0 Å². The number of hydrogen-bond acceptors (Lipinski definition) is 15. The van der Waals surface area contributed by atoms with Crippen LogP contribution in [0.25, 0.3) is 0 Å². The molecule has 5 atom stereocenters. The molecule has 0 saturated heterocycles. The second-order valence-corrected chi connectivity index (χ2v) is 27.4. The number of carbonyl (C=O) groups excluding carboxylic acids is 4. The number of rotatable bonds is 69. The number of esters is 4. The van der Waals surface area contributed by atoms with E-state index in [2.05, 4.69) is 113 Å². The summed E-state index contributed by atoms with van der Waals surface area (Å²) in [5, 5.41) is 10.6. The molecule has 0 rings (SSSR count). The average Bonchev–Trinajstić information content (AvgIpc) is 1.04. The van der Waals surface area contributed by atoms with Crippen LogP contribution in [0, 0.1) is 0 Å². The monoisotopic (exact) mass is 1410 g/mol. The van der Waals surface area contributed by atoms with E-state index >= 15 is 0 Å². The predicted molar refractivity (Wildman–Crippen MR) is 399 cm³/mol. The zero-order chi connectivity index (χ0) is 71.8. The van der Waals surface area contributed by atoms with Crippen LogP contribution in [-0.4, -0.2) is 96.7 Å². The molecule has 0 radical (unpaired) electrons. The third-order valence-corrected chi connectivity index (χ3v) is 17.1. The minimum absolute atomic E-state index is 0.0613. The van der Waals surface area contributed by atoms with E-state index in [1.165, 1.54) is 89.9 Å². The fraction of sp³-hybridized carbons (Fsp3) is 0.671. The van der Waals surface area contributed by atoms with Crippen LogP contribution in [0.1, 0.15) is 285 Å². The zero-order valence-electron chi connectivity index (χ0n) is 60.9.